The zero-order valence-electron chi connectivity index (χ0n) is 19.6. The van der Waals surface area contributed by atoms with E-state index in [0.29, 0.717) is 18.7 Å². The van der Waals surface area contributed by atoms with Crippen LogP contribution in [0.25, 0.3) is 5.65 Å². The number of rotatable bonds is 8. The predicted octanol–water partition coefficient (Wildman–Crippen LogP) is 5.30. The second kappa shape index (κ2) is 10.1. The minimum Gasteiger partial charge on any atom is -0.489 e. The third-order valence-corrected chi connectivity index (χ3v) is 6.46. The third-order valence-electron chi connectivity index (χ3n) is 6.46. The number of nitrogens with two attached hydrogens (primary N) is 1. The van der Waals surface area contributed by atoms with Gasteiger partial charge in [-0.3, -0.25) is 0 Å². The number of hydrogen-bond donors (Lipinski definition) is 3. The lowest BCUT2D eigenvalue weighted by Crippen LogP contribution is -2.33. The molecule has 1 aliphatic rings. The average Bonchev–Trinajstić information content (AvgIpc) is 3.34. The van der Waals surface area contributed by atoms with E-state index in [-0.39, 0.29) is 0 Å². The first-order valence-corrected chi connectivity index (χ1v) is 12.1. The molecule has 0 radical (unpaired) electrons. The molecule has 4 aromatic rings. The highest BCUT2D eigenvalue weighted by atomic mass is 16.5. The molecule has 1 saturated carbocycles. The summed E-state index contributed by atoms with van der Waals surface area (Å²) in [5, 5.41) is 11.8. The fourth-order valence-corrected chi connectivity index (χ4v) is 4.53. The molecule has 0 aliphatic heterocycles. The quantitative estimate of drug-likeness (QED) is 0.334. The van der Waals surface area contributed by atoms with Gasteiger partial charge in [0, 0.05) is 29.4 Å². The van der Waals surface area contributed by atoms with Crippen LogP contribution in [0, 0.1) is 0 Å². The van der Waals surface area contributed by atoms with Gasteiger partial charge in [-0.05, 0) is 61.9 Å². The van der Waals surface area contributed by atoms with E-state index in [0.717, 1.165) is 72.0 Å². The molecule has 1 fully saturated rings. The maximum Gasteiger partial charge on any atom is 0.159 e. The third kappa shape index (κ3) is 4.99. The molecule has 5 rings (SSSR count). The molecule has 176 valence electrons. The Morgan fingerprint density at radius 1 is 1.00 bits per heavy atom. The van der Waals surface area contributed by atoms with Crippen LogP contribution in [0.1, 0.15) is 43.7 Å². The molecule has 0 saturated heterocycles. The summed E-state index contributed by atoms with van der Waals surface area (Å²) < 4.78 is 7.81. The minimum absolute atomic E-state index is 0.325. The molecule has 7 heteroatoms. The molecule has 2 heterocycles. The van der Waals surface area contributed by atoms with Gasteiger partial charge in [-0.1, -0.05) is 37.3 Å². The van der Waals surface area contributed by atoms with E-state index in [1.54, 1.807) is 6.20 Å². The molecule has 1 aliphatic carbocycles. The van der Waals surface area contributed by atoms with Crippen LogP contribution in [0.15, 0.2) is 66.9 Å². The Morgan fingerprint density at radius 3 is 2.50 bits per heavy atom. The summed E-state index contributed by atoms with van der Waals surface area (Å²) in [4.78, 5) is 4.89. The van der Waals surface area contributed by atoms with Gasteiger partial charge in [0.15, 0.2) is 5.65 Å². The summed E-state index contributed by atoms with van der Waals surface area (Å²) in [7, 11) is 0. The summed E-state index contributed by atoms with van der Waals surface area (Å²) in [6.07, 6.45) is 6.87. The first-order valence-electron chi connectivity index (χ1n) is 12.1. The van der Waals surface area contributed by atoms with Crippen LogP contribution < -0.4 is 21.1 Å². The van der Waals surface area contributed by atoms with Gasteiger partial charge in [0.05, 0.1) is 6.20 Å². The fraction of sp³-hybridized carbons (Fsp3) is 0.333. The molecule has 2 aromatic carbocycles. The molecule has 0 spiro atoms. The van der Waals surface area contributed by atoms with Crippen molar-refractivity contribution < 1.29 is 4.74 Å². The largest absolute Gasteiger partial charge is 0.489 e. The van der Waals surface area contributed by atoms with E-state index >= 15 is 0 Å². The summed E-state index contributed by atoms with van der Waals surface area (Å²) in [5.41, 5.74) is 10.2. The zero-order valence-corrected chi connectivity index (χ0v) is 19.6. The van der Waals surface area contributed by atoms with Gasteiger partial charge in [-0.15, -0.1) is 0 Å². The van der Waals surface area contributed by atoms with Crippen molar-refractivity contribution in [2.24, 2.45) is 5.73 Å². The van der Waals surface area contributed by atoms with E-state index in [2.05, 4.69) is 34.8 Å². The lowest BCUT2D eigenvalue weighted by molar-refractivity contribution is 0.306. The van der Waals surface area contributed by atoms with Crippen LogP contribution in [-0.2, 0) is 13.0 Å². The van der Waals surface area contributed by atoms with Crippen molar-refractivity contribution in [2.75, 3.05) is 10.6 Å². The summed E-state index contributed by atoms with van der Waals surface area (Å²) in [5.74, 6) is 2.70. The van der Waals surface area contributed by atoms with Gasteiger partial charge in [0.25, 0.3) is 0 Å². The van der Waals surface area contributed by atoms with Crippen LogP contribution in [0.2, 0.25) is 0 Å². The first-order chi connectivity index (χ1) is 16.7. The van der Waals surface area contributed by atoms with Crippen molar-refractivity contribution >= 4 is 23.0 Å². The van der Waals surface area contributed by atoms with Crippen molar-refractivity contribution in [1.29, 1.82) is 0 Å². The standard InChI is InChI=1S/C27H32N6O/c1-2-24-26(30-21-10-8-20(28)9-11-21)32-25-16-17-29-33(25)27(24)31-22-12-14-23(15-13-22)34-18-19-6-4-3-5-7-19/h3-7,12-17,20-21,31H,2,8-11,18,28H2,1H3,(H,30,32). The number of anilines is 3. The fourth-order valence-electron chi connectivity index (χ4n) is 4.53. The highest BCUT2D eigenvalue weighted by Crippen LogP contribution is 2.30. The Bertz CT molecular complexity index is 1210. The lowest BCUT2D eigenvalue weighted by Gasteiger charge is -2.28. The Hall–Kier alpha value is -3.58. The maximum atomic E-state index is 6.10. The second-order valence-electron chi connectivity index (χ2n) is 8.92. The molecule has 4 N–H and O–H groups in total. The normalized spacial score (nSPS) is 18.1. The van der Waals surface area contributed by atoms with Crippen molar-refractivity contribution in [1.82, 2.24) is 14.6 Å². The topological polar surface area (TPSA) is 89.5 Å². The van der Waals surface area contributed by atoms with Crippen molar-refractivity contribution in [3.05, 3.63) is 78.0 Å². The smallest absolute Gasteiger partial charge is 0.159 e. The number of benzene rings is 2. The van der Waals surface area contributed by atoms with Crippen molar-refractivity contribution in [3.63, 3.8) is 0 Å². The van der Waals surface area contributed by atoms with Crippen molar-refractivity contribution in [3.8, 4) is 5.75 Å². The molecular formula is C27H32N6O. The molecule has 7 nitrogen and oxygen atoms in total. The summed E-state index contributed by atoms with van der Waals surface area (Å²) in [6.45, 7) is 2.70. The predicted molar refractivity (Wildman–Crippen MR) is 137 cm³/mol. The van der Waals surface area contributed by atoms with Gasteiger partial charge < -0.3 is 21.1 Å². The minimum atomic E-state index is 0.325. The monoisotopic (exact) mass is 456 g/mol. The Kier molecular flexibility index (Phi) is 6.62. The number of aromatic nitrogens is 3. The summed E-state index contributed by atoms with van der Waals surface area (Å²) >= 11 is 0. The Labute approximate surface area is 200 Å². The average molecular weight is 457 g/mol. The van der Waals surface area contributed by atoms with Crippen LogP contribution in [-0.4, -0.2) is 26.7 Å². The lowest BCUT2D eigenvalue weighted by atomic mass is 9.92. The maximum absolute atomic E-state index is 6.10. The van der Waals surface area contributed by atoms with E-state index in [9.17, 15) is 0 Å². The second-order valence-corrected chi connectivity index (χ2v) is 8.92. The van der Waals surface area contributed by atoms with Gasteiger partial charge >= 0.3 is 0 Å². The zero-order chi connectivity index (χ0) is 23.3. The molecule has 0 amide bonds. The van der Waals surface area contributed by atoms with Gasteiger partial charge in [-0.2, -0.15) is 9.61 Å². The van der Waals surface area contributed by atoms with Gasteiger partial charge in [0.1, 0.15) is 24.0 Å². The van der Waals surface area contributed by atoms with E-state index in [1.165, 1.54) is 0 Å². The Morgan fingerprint density at radius 2 is 1.76 bits per heavy atom. The van der Waals surface area contributed by atoms with Crippen LogP contribution in [0.4, 0.5) is 17.3 Å². The highest BCUT2D eigenvalue weighted by Gasteiger charge is 2.22. The number of ether oxygens (including phenoxy) is 1. The first kappa shape index (κ1) is 22.2. The van der Waals surface area contributed by atoms with Gasteiger partial charge in [0.2, 0.25) is 0 Å². The van der Waals surface area contributed by atoms with Gasteiger partial charge in [-0.25, -0.2) is 4.98 Å². The van der Waals surface area contributed by atoms with Crippen molar-refractivity contribution in [2.45, 2.75) is 57.7 Å². The molecular weight excluding hydrogens is 424 g/mol. The molecule has 34 heavy (non-hydrogen) atoms. The molecule has 2 aromatic heterocycles. The molecule has 0 bridgehead atoms. The number of nitrogens with one attached hydrogen (secondary N) is 2. The molecule has 0 unspecified atom stereocenters. The van der Waals surface area contributed by atoms with Crippen LogP contribution >= 0.6 is 0 Å². The summed E-state index contributed by atoms with van der Waals surface area (Å²) in [6, 6.07) is 20.9. The Balaban J connectivity index is 1.35. The van der Waals surface area contributed by atoms with E-state index in [4.69, 9.17) is 15.5 Å². The number of nitrogens with zero attached hydrogens (tertiary/aromatic N) is 3. The van der Waals surface area contributed by atoms with Crippen LogP contribution in [0.5, 0.6) is 5.75 Å². The highest BCUT2D eigenvalue weighted by molar-refractivity contribution is 5.69. The SMILES string of the molecule is CCc1c(NC2CCC(N)CC2)nc2ccnn2c1Nc1ccc(OCc2ccccc2)cc1. The van der Waals surface area contributed by atoms with E-state index < -0.39 is 0 Å². The van der Waals surface area contributed by atoms with E-state index in [1.807, 2.05) is 53.0 Å². The van der Waals surface area contributed by atoms with Crippen LogP contribution in [0.3, 0.4) is 0 Å². The number of hydrogen-bond acceptors (Lipinski definition) is 6. The number of fused-ring (bicyclic) bond motifs is 1. The molecule has 0 atom stereocenters.